The standard InChI is InChI=1S/C22H26N6O2/c1-29-16-10-11-17(19(13-16)30-2)18-9-6-12-28(18)14-20-25-21(23)27-22(26-20)24-15-7-4-3-5-8-15/h3-5,7-8,10-11,13,18H,6,9,12,14H2,1-2H3,(H3,23,24,25,26,27)/t18-/m1/s1. The van der Waals surface area contributed by atoms with Crippen LogP contribution in [0.2, 0.25) is 0 Å². The van der Waals surface area contributed by atoms with Crippen LogP contribution in [0.15, 0.2) is 48.5 Å². The molecule has 1 fully saturated rings. The molecule has 0 unspecified atom stereocenters. The summed E-state index contributed by atoms with van der Waals surface area (Å²) in [6.45, 7) is 1.53. The van der Waals surface area contributed by atoms with Crippen LogP contribution in [0.1, 0.15) is 30.3 Å². The van der Waals surface area contributed by atoms with Gasteiger partial charge in [-0.15, -0.1) is 0 Å². The normalized spacial score (nSPS) is 16.4. The average Bonchev–Trinajstić information content (AvgIpc) is 3.21. The Kier molecular flexibility index (Phi) is 5.94. The van der Waals surface area contributed by atoms with Crippen molar-refractivity contribution in [3.8, 4) is 11.5 Å². The fourth-order valence-corrected chi connectivity index (χ4v) is 3.86. The predicted molar refractivity (Wildman–Crippen MR) is 116 cm³/mol. The monoisotopic (exact) mass is 406 g/mol. The second kappa shape index (κ2) is 8.96. The maximum Gasteiger partial charge on any atom is 0.232 e. The van der Waals surface area contributed by atoms with E-state index in [9.17, 15) is 0 Å². The first kappa shape index (κ1) is 19.9. The highest BCUT2D eigenvalue weighted by molar-refractivity contribution is 5.53. The van der Waals surface area contributed by atoms with Gasteiger partial charge in [-0.2, -0.15) is 15.0 Å². The number of aromatic nitrogens is 3. The summed E-state index contributed by atoms with van der Waals surface area (Å²) in [4.78, 5) is 15.5. The molecule has 1 aliphatic rings. The van der Waals surface area contributed by atoms with E-state index in [0.717, 1.165) is 42.1 Å². The molecule has 2 aromatic carbocycles. The lowest BCUT2D eigenvalue weighted by atomic mass is 10.0. The third-order valence-electron chi connectivity index (χ3n) is 5.24. The summed E-state index contributed by atoms with van der Waals surface area (Å²) in [5.74, 6) is 2.90. The first-order valence-corrected chi connectivity index (χ1v) is 9.94. The molecular formula is C22H26N6O2. The van der Waals surface area contributed by atoms with Crippen LogP contribution in [0.4, 0.5) is 17.6 Å². The van der Waals surface area contributed by atoms with Crippen molar-refractivity contribution in [2.24, 2.45) is 0 Å². The van der Waals surface area contributed by atoms with E-state index in [1.165, 1.54) is 0 Å². The van der Waals surface area contributed by atoms with Gasteiger partial charge in [-0.1, -0.05) is 24.3 Å². The van der Waals surface area contributed by atoms with Gasteiger partial charge in [0, 0.05) is 23.4 Å². The van der Waals surface area contributed by atoms with Gasteiger partial charge in [0.05, 0.1) is 20.8 Å². The Hall–Kier alpha value is -3.39. The maximum atomic E-state index is 5.96. The Morgan fingerprint density at radius 3 is 2.67 bits per heavy atom. The zero-order valence-electron chi connectivity index (χ0n) is 17.2. The van der Waals surface area contributed by atoms with Crippen LogP contribution < -0.4 is 20.5 Å². The SMILES string of the molecule is COc1ccc([C@H]2CCCN2Cc2nc(N)nc(Nc3ccccc3)n2)c(OC)c1. The molecule has 8 nitrogen and oxygen atoms in total. The number of rotatable bonds is 7. The van der Waals surface area contributed by atoms with Gasteiger partial charge in [-0.25, -0.2) is 0 Å². The molecule has 0 bridgehead atoms. The van der Waals surface area contributed by atoms with E-state index in [0.29, 0.717) is 18.3 Å². The number of nitrogens with zero attached hydrogens (tertiary/aromatic N) is 4. The second-order valence-electron chi connectivity index (χ2n) is 7.16. The number of anilines is 3. The van der Waals surface area contributed by atoms with Crippen molar-refractivity contribution >= 4 is 17.6 Å². The number of methoxy groups -OCH3 is 2. The van der Waals surface area contributed by atoms with Crippen LogP contribution in [-0.4, -0.2) is 40.6 Å². The zero-order chi connectivity index (χ0) is 20.9. The van der Waals surface area contributed by atoms with Crippen molar-refractivity contribution < 1.29 is 9.47 Å². The molecule has 0 spiro atoms. The quantitative estimate of drug-likeness (QED) is 0.615. The Balaban J connectivity index is 1.55. The Morgan fingerprint density at radius 1 is 1.07 bits per heavy atom. The lowest BCUT2D eigenvalue weighted by molar-refractivity contribution is 0.237. The molecule has 3 aromatic rings. The Labute approximate surface area is 176 Å². The number of ether oxygens (including phenoxy) is 2. The summed E-state index contributed by atoms with van der Waals surface area (Å²) in [6, 6.07) is 15.9. The summed E-state index contributed by atoms with van der Waals surface area (Å²) < 4.78 is 11.0. The lowest BCUT2D eigenvalue weighted by Gasteiger charge is -2.25. The summed E-state index contributed by atoms with van der Waals surface area (Å²) in [6.07, 6.45) is 2.13. The molecule has 0 saturated carbocycles. The van der Waals surface area contributed by atoms with E-state index >= 15 is 0 Å². The van der Waals surface area contributed by atoms with Crippen molar-refractivity contribution in [1.82, 2.24) is 19.9 Å². The maximum absolute atomic E-state index is 5.96. The molecule has 0 aliphatic carbocycles. The number of likely N-dealkylation sites (tertiary alicyclic amines) is 1. The highest BCUT2D eigenvalue weighted by atomic mass is 16.5. The van der Waals surface area contributed by atoms with Gasteiger partial charge in [0.1, 0.15) is 17.3 Å². The highest BCUT2D eigenvalue weighted by Gasteiger charge is 2.29. The number of para-hydroxylation sites is 1. The Morgan fingerprint density at radius 2 is 1.90 bits per heavy atom. The molecule has 156 valence electrons. The number of hydrogen-bond acceptors (Lipinski definition) is 8. The summed E-state index contributed by atoms with van der Waals surface area (Å²) >= 11 is 0. The average molecular weight is 406 g/mol. The minimum atomic E-state index is 0.205. The number of benzene rings is 2. The highest BCUT2D eigenvalue weighted by Crippen LogP contribution is 2.39. The summed E-state index contributed by atoms with van der Waals surface area (Å²) in [7, 11) is 3.34. The number of nitrogen functional groups attached to an aromatic ring is 1. The van der Waals surface area contributed by atoms with Gasteiger partial charge in [-0.05, 0) is 37.6 Å². The molecule has 1 aromatic heterocycles. The second-order valence-corrected chi connectivity index (χ2v) is 7.16. The van der Waals surface area contributed by atoms with E-state index in [1.807, 2.05) is 42.5 Å². The predicted octanol–water partition coefficient (Wildman–Crippen LogP) is 3.55. The summed E-state index contributed by atoms with van der Waals surface area (Å²) in [5, 5.41) is 3.19. The van der Waals surface area contributed by atoms with Gasteiger partial charge in [0.25, 0.3) is 0 Å². The smallest absolute Gasteiger partial charge is 0.232 e. The minimum Gasteiger partial charge on any atom is -0.497 e. The topological polar surface area (TPSA) is 98.4 Å². The molecule has 1 saturated heterocycles. The minimum absolute atomic E-state index is 0.205. The van der Waals surface area contributed by atoms with Crippen LogP contribution >= 0.6 is 0 Å². The van der Waals surface area contributed by atoms with Gasteiger partial charge in [0.15, 0.2) is 0 Å². The van der Waals surface area contributed by atoms with Crippen LogP contribution in [0.25, 0.3) is 0 Å². The van der Waals surface area contributed by atoms with Gasteiger partial charge >= 0.3 is 0 Å². The van der Waals surface area contributed by atoms with Crippen molar-refractivity contribution in [2.75, 3.05) is 31.8 Å². The molecule has 30 heavy (non-hydrogen) atoms. The van der Waals surface area contributed by atoms with Crippen LogP contribution in [0, 0.1) is 0 Å². The molecule has 1 atom stereocenters. The van der Waals surface area contributed by atoms with Crippen molar-refractivity contribution in [1.29, 1.82) is 0 Å². The molecule has 0 radical (unpaired) electrons. The third-order valence-corrected chi connectivity index (χ3v) is 5.24. The van der Waals surface area contributed by atoms with Gasteiger partial charge < -0.3 is 20.5 Å². The largest absolute Gasteiger partial charge is 0.497 e. The van der Waals surface area contributed by atoms with Gasteiger partial charge in [-0.3, -0.25) is 4.90 Å². The molecule has 4 rings (SSSR count). The van der Waals surface area contributed by atoms with E-state index in [4.69, 9.17) is 15.2 Å². The van der Waals surface area contributed by atoms with Crippen LogP contribution in [-0.2, 0) is 6.54 Å². The van der Waals surface area contributed by atoms with Crippen molar-refractivity contribution in [3.05, 3.63) is 59.9 Å². The first-order chi connectivity index (χ1) is 14.7. The molecule has 1 aliphatic heterocycles. The number of nitrogens with two attached hydrogens (primary N) is 1. The molecule has 0 amide bonds. The number of nitrogens with one attached hydrogen (secondary N) is 1. The molecular weight excluding hydrogens is 380 g/mol. The van der Waals surface area contributed by atoms with Crippen molar-refractivity contribution in [3.63, 3.8) is 0 Å². The lowest BCUT2D eigenvalue weighted by Crippen LogP contribution is -2.25. The van der Waals surface area contributed by atoms with E-state index in [1.54, 1.807) is 14.2 Å². The third kappa shape index (κ3) is 4.44. The van der Waals surface area contributed by atoms with Crippen LogP contribution in [0.5, 0.6) is 11.5 Å². The summed E-state index contributed by atoms with van der Waals surface area (Å²) in [5.41, 5.74) is 7.99. The molecule has 2 heterocycles. The molecule has 3 N–H and O–H groups in total. The van der Waals surface area contributed by atoms with E-state index < -0.39 is 0 Å². The first-order valence-electron chi connectivity index (χ1n) is 9.94. The fourth-order valence-electron chi connectivity index (χ4n) is 3.86. The fraction of sp³-hybridized carbons (Fsp3) is 0.318. The Bertz CT molecular complexity index is 998. The zero-order valence-corrected chi connectivity index (χ0v) is 17.2. The molecule has 8 heteroatoms. The van der Waals surface area contributed by atoms with E-state index in [-0.39, 0.29) is 12.0 Å². The van der Waals surface area contributed by atoms with Gasteiger partial charge in [0.2, 0.25) is 11.9 Å². The van der Waals surface area contributed by atoms with Crippen LogP contribution in [0.3, 0.4) is 0 Å². The van der Waals surface area contributed by atoms with E-state index in [2.05, 4.69) is 31.2 Å². The number of hydrogen-bond donors (Lipinski definition) is 2. The van der Waals surface area contributed by atoms with Crippen molar-refractivity contribution in [2.45, 2.75) is 25.4 Å².